The predicted molar refractivity (Wildman–Crippen MR) is 167 cm³/mol. The first kappa shape index (κ1) is 32.6. The lowest BCUT2D eigenvalue weighted by Crippen LogP contribution is -2.45. The first-order valence-electron chi connectivity index (χ1n) is 15.2. The Hall–Kier alpha value is -4.32. The Bertz CT molecular complexity index is 1400. The molecule has 0 aliphatic carbocycles. The van der Waals surface area contributed by atoms with Crippen LogP contribution >= 0.6 is 0 Å². The van der Waals surface area contributed by atoms with Gasteiger partial charge in [-0.1, -0.05) is 84.9 Å². The first-order valence-corrected chi connectivity index (χ1v) is 15.2. The van der Waals surface area contributed by atoms with Crippen LogP contribution in [0.25, 0.3) is 4.85 Å². The number of Topliss-reactive ketones (excluding diaryl/α,β-unsaturated/α-hetero) is 1. The molecule has 8 nitrogen and oxygen atoms in total. The molecule has 0 spiro atoms. The predicted octanol–water partition coefficient (Wildman–Crippen LogP) is 5.49. The van der Waals surface area contributed by atoms with E-state index in [2.05, 4.69) is 9.74 Å². The lowest BCUT2D eigenvalue weighted by molar-refractivity contribution is -0.161. The molecule has 1 saturated heterocycles. The number of nitrogens with zero attached hydrogens (tertiary/aromatic N) is 2. The molecule has 4 rings (SSSR count). The fourth-order valence-corrected chi connectivity index (χ4v) is 6.30. The molecule has 0 aromatic heterocycles. The molecular weight excluding hydrogens is 556 g/mol. The third-order valence-corrected chi connectivity index (χ3v) is 8.77. The van der Waals surface area contributed by atoms with Gasteiger partial charge in [-0.2, -0.15) is 0 Å². The van der Waals surface area contributed by atoms with Crippen molar-refractivity contribution in [3.63, 3.8) is 0 Å². The molecule has 8 heteroatoms. The van der Waals surface area contributed by atoms with E-state index < -0.39 is 23.0 Å². The zero-order chi connectivity index (χ0) is 31.6. The van der Waals surface area contributed by atoms with Gasteiger partial charge in [-0.05, 0) is 68.4 Å². The van der Waals surface area contributed by atoms with Crippen LogP contribution in [0.1, 0.15) is 66.1 Å². The van der Waals surface area contributed by atoms with Gasteiger partial charge in [-0.25, -0.2) is 6.57 Å². The third-order valence-electron chi connectivity index (χ3n) is 8.77. The van der Waals surface area contributed by atoms with Gasteiger partial charge < -0.3 is 24.7 Å². The number of carbonyl (C=O) groups excluding carboxylic acids is 2. The average molecular weight is 597 g/mol. The Balaban J connectivity index is 1.35. The Morgan fingerprint density at radius 1 is 0.909 bits per heavy atom. The van der Waals surface area contributed by atoms with Gasteiger partial charge in [0.2, 0.25) is 6.54 Å². The van der Waals surface area contributed by atoms with E-state index in [-0.39, 0.29) is 36.8 Å². The highest BCUT2D eigenvalue weighted by atomic mass is 16.5. The minimum Gasteiger partial charge on any atom is -0.480 e. The molecule has 1 unspecified atom stereocenters. The number of benzene rings is 3. The topological polar surface area (TPSA) is 108 Å². The second-order valence-corrected chi connectivity index (χ2v) is 11.3. The zero-order valence-corrected chi connectivity index (χ0v) is 25.2. The van der Waals surface area contributed by atoms with Crippen LogP contribution in [-0.2, 0) is 25.3 Å². The number of ether oxygens (including phenoxy) is 1. The van der Waals surface area contributed by atoms with Gasteiger partial charge in [0.15, 0.2) is 11.2 Å². The van der Waals surface area contributed by atoms with Crippen LogP contribution in [0.2, 0.25) is 0 Å². The normalized spacial score (nSPS) is 15.6. The zero-order valence-electron chi connectivity index (χ0n) is 25.2. The average Bonchev–Trinajstić information content (AvgIpc) is 3.06. The van der Waals surface area contributed by atoms with E-state index >= 15 is 0 Å². The number of piperidine rings is 1. The molecular formula is C36H40N2O6. The monoisotopic (exact) mass is 596 g/mol. The van der Waals surface area contributed by atoms with Crippen LogP contribution in [0.3, 0.4) is 0 Å². The highest BCUT2D eigenvalue weighted by Crippen LogP contribution is 2.42. The maximum absolute atomic E-state index is 13.0. The summed E-state index contributed by atoms with van der Waals surface area (Å²) in [6.07, 6.45) is 2.43. The maximum atomic E-state index is 13.0. The second kappa shape index (κ2) is 14.9. The quantitative estimate of drug-likeness (QED) is 0.110. The number of likely N-dealkylation sites (tertiary alicyclic amines) is 1. The fraction of sp³-hybridized carbons (Fsp3) is 0.389. The number of carboxylic acid groups (broad SMARTS) is 1. The van der Waals surface area contributed by atoms with Crippen LogP contribution in [0, 0.1) is 12.5 Å². The van der Waals surface area contributed by atoms with Gasteiger partial charge in [0.25, 0.3) is 0 Å². The first-order chi connectivity index (χ1) is 21.3. The lowest BCUT2D eigenvalue weighted by atomic mass is 9.72. The highest BCUT2D eigenvalue weighted by molar-refractivity contribution is 6.06. The van der Waals surface area contributed by atoms with E-state index in [1.807, 2.05) is 60.7 Å². The fourth-order valence-electron chi connectivity index (χ4n) is 6.30. The number of carboxylic acids is 1. The van der Waals surface area contributed by atoms with Gasteiger partial charge in [0.05, 0.1) is 13.0 Å². The van der Waals surface area contributed by atoms with Gasteiger partial charge >= 0.3 is 11.9 Å². The molecule has 2 N–H and O–H groups in total. The van der Waals surface area contributed by atoms with Crippen molar-refractivity contribution in [2.45, 2.75) is 50.0 Å². The Morgan fingerprint density at radius 3 is 1.98 bits per heavy atom. The van der Waals surface area contributed by atoms with Crippen molar-refractivity contribution in [2.75, 3.05) is 32.8 Å². The van der Waals surface area contributed by atoms with Crippen molar-refractivity contribution < 1.29 is 29.3 Å². The Kier molecular flexibility index (Phi) is 11.0. The molecule has 1 heterocycles. The molecule has 3 aromatic carbocycles. The minimum absolute atomic E-state index is 0.0149. The van der Waals surface area contributed by atoms with Crippen molar-refractivity contribution in [3.8, 4) is 0 Å². The van der Waals surface area contributed by atoms with Crippen LogP contribution in [0.5, 0.6) is 0 Å². The molecule has 44 heavy (non-hydrogen) atoms. The van der Waals surface area contributed by atoms with Crippen molar-refractivity contribution >= 4 is 17.7 Å². The molecule has 0 bridgehead atoms. The third kappa shape index (κ3) is 6.91. The maximum Gasteiger partial charge on any atom is 0.328 e. The van der Waals surface area contributed by atoms with Crippen molar-refractivity contribution in [2.24, 2.45) is 5.92 Å². The van der Waals surface area contributed by atoms with Gasteiger partial charge in [0, 0.05) is 12.0 Å². The summed E-state index contributed by atoms with van der Waals surface area (Å²) in [4.78, 5) is 43.6. The highest BCUT2D eigenvalue weighted by Gasteiger charge is 2.50. The summed E-state index contributed by atoms with van der Waals surface area (Å²) in [7, 11) is 0. The van der Waals surface area contributed by atoms with Crippen molar-refractivity contribution in [3.05, 3.63) is 119 Å². The molecule has 1 atom stereocenters. The van der Waals surface area contributed by atoms with Crippen LogP contribution in [-0.4, -0.2) is 65.6 Å². The number of aliphatic hydroxyl groups is 1. The molecule has 1 aliphatic rings. The molecule has 230 valence electrons. The van der Waals surface area contributed by atoms with Crippen LogP contribution < -0.4 is 0 Å². The van der Waals surface area contributed by atoms with E-state index in [0.717, 1.165) is 43.6 Å². The second-order valence-electron chi connectivity index (χ2n) is 11.3. The van der Waals surface area contributed by atoms with Crippen molar-refractivity contribution in [1.29, 1.82) is 0 Å². The standard InChI is InChI=1S/C36H40N2O6/c1-3-44-34(42)35(33(40)41,22-23-37-2)28-18-16-27(17-19-28)32(39)15-10-24-38-25-20-31(21-26-38)36(43,29-11-6-4-7-12-29)30-13-8-5-9-14-30/h4-9,11-14,16-19,31,43H,3,10,15,20-26H2,1H3,(H,40,41). The van der Waals surface area contributed by atoms with Gasteiger partial charge in [-0.3, -0.25) is 14.4 Å². The molecule has 3 aromatic rings. The summed E-state index contributed by atoms with van der Waals surface area (Å²) >= 11 is 0. The number of aliphatic carboxylic acids is 1. The number of hydrogen-bond donors (Lipinski definition) is 2. The lowest BCUT2D eigenvalue weighted by Gasteiger charge is -2.42. The SMILES string of the molecule is [C-]#[N+]CCC(C(=O)O)(C(=O)OCC)c1ccc(C(=O)CCCN2CCC(C(O)(c3ccccc3)c3ccccc3)CC2)cc1. The van der Waals surface area contributed by atoms with E-state index in [1.54, 1.807) is 19.1 Å². The van der Waals surface area contributed by atoms with E-state index in [1.165, 1.54) is 12.1 Å². The van der Waals surface area contributed by atoms with E-state index in [0.29, 0.717) is 18.4 Å². The molecule has 0 saturated carbocycles. The van der Waals surface area contributed by atoms with Gasteiger partial charge in [-0.15, -0.1) is 0 Å². The number of ketones is 1. The molecule has 0 radical (unpaired) electrons. The van der Waals surface area contributed by atoms with Crippen LogP contribution in [0.15, 0.2) is 84.9 Å². The largest absolute Gasteiger partial charge is 0.480 e. The summed E-state index contributed by atoms with van der Waals surface area (Å²) in [6.45, 7) is 11.0. The molecule has 1 fully saturated rings. The summed E-state index contributed by atoms with van der Waals surface area (Å²) in [5.41, 5.74) is -0.639. The number of esters is 1. The minimum atomic E-state index is -2.00. The van der Waals surface area contributed by atoms with E-state index in [4.69, 9.17) is 11.3 Å². The number of rotatable bonds is 14. The number of carbonyl (C=O) groups is 3. The van der Waals surface area contributed by atoms with Crippen LogP contribution in [0.4, 0.5) is 0 Å². The summed E-state index contributed by atoms with van der Waals surface area (Å²) in [5, 5.41) is 22.1. The Morgan fingerprint density at radius 2 is 1.48 bits per heavy atom. The number of hydrogen-bond acceptors (Lipinski definition) is 6. The molecule has 0 amide bonds. The Labute approximate surface area is 259 Å². The summed E-state index contributed by atoms with van der Waals surface area (Å²) < 4.78 is 5.07. The molecule has 1 aliphatic heterocycles. The van der Waals surface area contributed by atoms with E-state index in [9.17, 15) is 24.6 Å². The van der Waals surface area contributed by atoms with Gasteiger partial charge in [0.1, 0.15) is 5.60 Å². The smallest absolute Gasteiger partial charge is 0.328 e. The summed E-state index contributed by atoms with van der Waals surface area (Å²) in [5.74, 6) is -2.29. The summed E-state index contributed by atoms with van der Waals surface area (Å²) in [6, 6.07) is 25.8. The van der Waals surface area contributed by atoms with Crippen molar-refractivity contribution in [1.82, 2.24) is 4.90 Å².